The minimum absolute atomic E-state index is 0.0267. The van der Waals surface area contributed by atoms with E-state index in [1.54, 1.807) is 0 Å². The maximum Gasteiger partial charge on any atom is 0.271 e. The van der Waals surface area contributed by atoms with E-state index in [4.69, 9.17) is 0 Å². The summed E-state index contributed by atoms with van der Waals surface area (Å²) in [5.74, 6) is 2.50. The highest BCUT2D eigenvalue weighted by molar-refractivity contribution is 5.93. The molecule has 0 N–H and O–H groups in total. The largest absolute Gasteiger partial charge is 0.347 e. The third kappa shape index (κ3) is 1.97. The van der Waals surface area contributed by atoms with Crippen LogP contribution in [0.3, 0.4) is 0 Å². The molecule has 1 fully saturated rings. The molecule has 6 nitrogen and oxygen atoms in total. The smallest absolute Gasteiger partial charge is 0.271 e. The predicted molar refractivity (Wildman–Crippen MR) is 76.9 cm³/mol. The van der Waals surface area contributed by atoms with Gasteiger partial charge in [0.25, 0.3) is 5.91 Å². The fraction of sp³-hybridized carbons (Fsp3) is 0.533. The van der Waals surface area contributed by atoms with Gasteiger partial charge in [0.1, 0.15) is 11.5 Å². The van der Waals surface area contributed by atoms with E-state index < -0.39 is 0 Å². The number of amides is 1. The number of nitrogens with zero attached hydrogens (tertiary/aromatic N) is 5. The normalized spacial score (nSPS) is 21.4. The van der Waals surface area contributed by atoms with Crippen LogP contribution >= 0.6 is 0 Å². The molecule has 0 aromatic carbocycles. The van der Waals surface area contributed by atoms with Crippen LogP contribution in [-0.4, -0.2) is 36.7 Å². The molecule has 21 heavy (non-hydrogen) atoms. The van der Waals surface area contributed by atoms with Gasteiger partial charge in [-0.2, -0.15) is 5.10 Å². The summed E-state index contributed by atoms with van der Waals surface area (Å²) in [5, 5.41) is 4.60. The van der Waals surface area contributed by atoms with Crippen molar-refractivity contribution in [3.63, 3.8) is 0 Å². The van der Waals surface area contributed by atoms with Crippen LogP contribution in [0.2, 0.25) is 0 Å². The third-order valence-corrected chi connectivity index (χ3v) is 4.48. The average molecular weight is 285 g/mol. The maximum absolute atomic E-state index is 12.7. The van der Waals surface area contributed by atoms with Crippen molar-refractivity contribution in [2.24, 2.45) is 7.05 Å². The van der Waals surface area contributed by atoms with Crippen molar-refractivity contribution >= 4 is 5.91 Å². The van der Waals surface area contributed by atoms with E-state index >= 15 is 0 Å². The number of hydrogen-bond donors (Lipinski definition) is 0. The van der Waals surface area contributed by atoms with Gasteiger partial charge < -0.3 is 9.47 Å². The summed E-state index contributed by atoms with van der Waals surface area (Å²) in [7, 11) is 1.90. The number of hydrogen-bond acceptors (Lipinski definition) is 3. The van der Waals surface area contributed by atoms with Crippen LogP contribution in [0, 0.1) is 0 Å². The minimum atomic E-state index is -0.0267. The van der Waals surface area contributed by atoms with Crippen molar-refractivity contribution in [2.75, 3.05) is 6.54 Å². The standard InChI is InChI=1S/C15H19N5O/c1-10-14-16-13(11-5-6-11)17-20(14)9-8-19(10)15(21)12-4-3-7-18(12)2/h3-4,7,10-11H,5-6,8-9H2,1-2H3/t10-/m1/s1. The maximum atomic E-state index is 12.7. The molecule has 0 unspecified atom stereocenters. The Morgan fingerprint density at radius 1 is 1.33 bits per heavy atom. The van der Waals surface area contributed by atoms with Gasteiger partial charge in [-0.15, -0.1) is 0 Å². The first-order chi connectivity index (χ1) is 10.1. The molecular weight excluding hydrogens is 266 g/mol. The molecule has 2 aliphatic rings. The molecule has 2 aromatic rings. The Hall–Kier alpha value is -2.11. The Bertz CT molecular complexity index is 697. The van der Waals surface area contributed by atoms with Gasteiger partial charge in [0, 0.05) is 25.7 Å². The lowest BCUT2D eigenvalue weighted by molar-refractivity contribution is 0.0621. The average Bonchev–Trinajstić information content (AvgIpc) is 3.08. The Kier molecular flexibility index (Phi) is 2.67. The lowest BCUT2D eigenvalue weighted by Gasteiger charge is -2.32. The third-order valence-electron chi connectivity index (χ3n) is 4.48. The number of carbonyl (C=O) groups is 1. The van der Waals surface area contributed by atoms with E-state index in [-0.39, 0.29) is 11.9 Å². The summed E-state index contributed by atoms with van der Waals surface area (Å²) >= 11 is 0. The minimum Gasteiger partial charge on any atom is -0.347 e. The topological polar surface area (TPSA) is 56.0 Å². The first-order valence-electron chi connectivity index (χ1n) is 7.52. The molecule has 4 rings (SSSR count). The Balaban J connectivity index is 1.63. The number of aryl methyl sites for hydroxylation is 1. The van der Waals surface area contributed by atoms with Gasteiger partial charge in [-0.25, -0.2) is 9.67 Å². The van der Waals surface area contributed by atoms with Gasteiger partial charge in [-0.05, 0) is 31.9 Å². The lowest BCUT2D eigenvalue weighted by Crippen LogP contribution is -2.42. The number of rotatable bonds is 2. The highest BCUT2D eigenvalue weighted by Crippen LogP contribution is 2.39. The first kappa shape index (κ1) is 12.6. The van der Waals surface area contributed by atoms with Gasteiger partial charge in [0.05, 0.1) is 12.6 Å². The van der Waals surface area contributed by atoms with Crippen molar-refractivity contribution in [3.8, 4) is 0 Å². The van der Waals surface area contributed by atoms with E-state index in [1.807, 2.05) is 46.4 Å². The van der Waals surface area contributed by atoms with Crippen molar-refractivity contribution in [1.82, 2.24) is 24.2 Å². The van der Waals surface area contributed by atoms with Crippen LogP contribution in [0.5, 0.6) is 0 Å². The van der Waals surface area contributed by atoms with Gasteiger partial charge in [0.2, 0.25) is 0 Å². The summed E-state index contributed by atoms with van der Waals surface area (Å²) < 4.78 is 3.84. The van der Waals surface area contributed by atoms with Crippen LogP contribution in [0.25, 0.3) is 0 Å². The molecule has 0 bridgehead atoms. The summed E-state index contributed by atoms with van der Waals surface area (Å²) in [6.45, 7) is 3.46. The van der Waals surface area contributed by atoms with E-state index in [9.17, 15) is 4.79 Å². The van der Waals surface area contributed by atoms with E-state index in [0.29, 0.717) is 12.5 Å². The molecular formula is C15H19N5O. The van der Waals surface area contributed by atoms with Gasteiger partial charge >= 0.3 is 0 Å². The Labute approximate surface area is 123 Å². The fourth-order valence-electron chi connectivity index (χ4n) is 3.00. The summed E-state index contributed by atoms with van der Waals surface area (Å²) in [6, 6.07) is 3.74. The zero-order valence-corrected chi connectivity index (χ0v) is 12.4. The van der Waals surface area contributed by atoms with E-state index in [2.05, 4.69) is 10.1 Å². The molecule has 6 heteroatoms. The highest BCUT2D eigenvalue weighted by atomic mass is 16.2. The quantitative estimate of drug-likeness (QED) is 0.844. The second-order valence-electron chi connectivity index (χ2n) is 6.00. The van der Waals surface area contributed by atoms with Crippen LogP contribution < -0.4 is 0 Å². The molecule has 0 radical (unpaired) electrons. The van der Waals surface area contributed by atoms with Crippen LogP contribution in [0.4, 0.5) is 0 Å². The second kappa shape index (κ2) is 4.44. The lowest BCUT2D eigenvalue weighted by atomic mass is 10.2. The molecule has 0 spiro atoms. The van der Waals surface area contributed by atoms with E-state index in [0.717, 1.165) is 23.9 Å². The number of aromatic nitrogens is 4. The first-order valence-corrected chi connectivity index (χ1v) is 7.52. The summed E-state index contributed by atoms with van der Waals surface area (Å²) in [4.78, 5) is 19.3. The summed E-state index contributed by atoms with van der Waals surface area (Å²) in [5.41, 5.74) is 0.720. The molecule has 1 aliphatic carbocycles. The summed E-state index contributed by atoms with van der Waals surface area (Å²) in [6.07, 6.45) is 4.29. The van der Waals surface area contributed by atoms with Crippen LogP contribution in [0.15, 0.2) is 18.3 Å². The number of fused-ring (bicyclic) bond motifs is 1. The van der Waals surface area contributed by atoms with Gasteiger partial charge in [-0.1, -0.05) is 0 Å². The molecule has 1 amide bonds. The molecule has 3 heterocycles. The van der Waals surface area contributed by atoms with Crippen molar-refractivity contribution < 1.29 is 4.79 Å². The Morgan fingerprint density at radius 2 is 2.14 bits per heavy atom. The number of carbonyl (C=O) groups excluding carboxylic acids is 1. The zero-order chi connectivity index (χ0) is 14.6. The van der Waals surface area contributed by atoms with Gasteiger partial charge in [0.15, 0.2) is 5.82 Å². The predicted octanol–water partition coefficient (Wildman–Crippen LogP) is 1.71. The monoisotopic (exact) mass is 285 g/mol. The van der Waals surface area contributed by atoms with E-state index in [1.165, 1.54) is 12.8 Å². The van der Waals surface area contributed by atoms with Gasteiger partial charge in [-0.3, -0.25) is 4.79 Å². The molecule has 0 saturated heterocycles. The molecule has 1 saturated carbocycles. The second-order valence-corrected chi connectivity index (χ2v) is 6.00. The molecule has 110 valence electrons. The van der Waals surface area contributed by atoms with Crippen LogP contribution in [-0.2, 0) is 13.6 Å². The van der Waals surface area contributed by atoms with Crippen molar-refractivity contribution in [1.29, 1.82) is 0 Å². The highest BCUT2D eigenvalue weighted by Gasteiger charge is 2.35. The van der Waals surface area contributed by atoms with Crippen molar-refractivity contribution in [3.05, 3.63) is 35.7 Å². The SMILES string of the molecule is C[C@@H]1c2nc(C3CC3)nn2CCN1C(=O)c1cccn1C. The van der Waals surface area contributed by atoms with Crippen LogP contribution in [0.1, 0.15) is 53.9 Å². The van der Waals surface area contributed by atoms with Crippen molar-refractivity contribution in [2.45, 2.75) is 38.3 Å². The molecule has 1 atom stereocenters. The Morgan fingerprint density at radius 3 is 2.81 bits per heavy atom. The molecule has 2 aromatic heterocycles. The zero-order valence-electron chi connectivity index (χ0n) is 12.4. The fourth-order valence-corrected chi connectivity index (χ4v) is 3.00. The molecule has 1 aliphatic heterocycles.